The van der Waals surface area contributed by atoms with Crippen LogP contribution in [0, 0.1) is 0 Å². The van der Waals surface area contributed by atoms with E-state index in [0.717, 1.165) is 52.4 Å². The van der Waals surface area contributed by atoms with Crippen molar-refractivity contribution in [2.75, 3.05) is 52.4 Å². The summed E-state index contributed by atoms with van der Waals surface area (Å²) >= 11 is 0. The van der Waals surface area contributed by atoms with E-state index in [1.807, 2.05) is 0 Å². The lowest BCUT2D eigenvalue weighted by Crippen LogP contribution is -2.48. The van der Waals surface area contributed by atoms with Crippen molar-refractivity contribution in [3.05, 3.63) is 0 Å². The zero-order valence-electron chi connectivity index (χ0n) is 9.34. The summed E-state index contributed by atoms with van der Waals surface area (Å²) in [5.74, 6) is 0. The maximum Gasteiger partial charge on any atom is 0.0110 e. The Kier molecular flexibility index (Phi) is 25.8. The summed E-state index contributed by atoms with van der Waals surface area (Å²) in [4.78, 5) is 4.82. The first-order valence-electron chi connectivity index (χ1n) is 4.71. The molecule has 1 saturated heterocycles. The average Bonchev–Trinajstić information content (AvgIpc) is 2.09. The monoisotopic (exact) mass is 316 g/mol. The van der Waals surface area contributed by atoms with Crippen LogP contribution in [0.1, 0.15) is 0 Å². The van der Waals surface area contributed by atoms with Gasteiger partial charge in [-0.2, -0.15) is 0 Å². The molecule has 1 aliphatic rings. The van der Waals surface area contributed by atoms with Crippen LogP contribution < -0.4 is 11.5 Å². The minimum absolute atomic E-state index is 0. The summed E-state index contributed by atoms with van der Waals surface area (Å²) in [6, 6.07) is 0. The molecular weight excluding hydrogens is 294 g/mol. The van der Waals surface area contributed by atoms with Gasteiger partial charge in [0.25, 0.3) is 0 Å². The van der Waals surface area contributed by atoms with E-state index in [1.54, 1.807) is 0 Å². The fourth-order valence-corrected chi connectivity index (χ4v) is 1.60. The summed E-state index contributed by atoms with van der Waals surface area (Å²) in [5, 5.41) is 0. The van der Waals surface area contributed by atoms with Gasteiger partial charge >= 0.3 is 0 Å². The van der Waals surface area contributed by atoms with Gasteiger partial charge in [0.05, 0.1) is 0 Å². The van der Waals surface area contributed by atoms with Crippen LogP contribution in [0.15, 0.2) is 0 Å². The molecule has 0 aliphatic carbocycles. The molecule has 0 unspecified atom stereocenters. The van der Waals surface area contributed by atoms with Crippen molar-refractivity contribution in [2.24, 2.45) is 11.5 Å². The zero-order chi connectivity index (χ0) is 8.81. The molecule has 0 atom stereocenters. The summed E-state index contributed by atoms with van der Waals surface area (Å²) < 4.78 is 0. The number of rotatable bonds is 4. The molecule has 1 rings (SSSR count). The molecule has 0 radical (unpaired) electrons. The molecule has 104 valence electrons. The molecule has 0 bridgehead atoms. The number of hydrogen-bond acceptors (Lipinski definition) is 4. The van der Waals surface area contributed by atoms with Crippen molar-refractivity contribution in [1.29, 1.82) is 0 Å². The van der Waals surface area contributed by atoms with E-state index in [0.29, 0.717) is 0 Å². The quantitative estimate of drug-likeness (QED) is 0.778. The zero-order valence-corrected chi connectivity index (χ0v) is 12.6. The molecular formula is C8H24Cl4N4. The van der Waals surface area contributed by atoms with Crippen LogP contribution in [0.2, 0.25) is 0 Å². The van der Waals surface area contributed by atoms with Gasteiger partial charge in [-0.15, -0.1) is 49.6 Å². The second-order valence-corrected chi connectivity index (χ2v) is 3.26. The van der Waals surface area contributed by atoms with E-state index in [9.17, 15) is 0 Å². The van der Waals surface area contributed by atoms with E-state index in [2.05, 4.69) is 9.80 Å². The van der Waals surface area contributed by atoms with Gasteiger partial charge in [-0.1, -0.05) is 0 Å². The Bertz CT molecular complexity index is 109. The minimum Gasteiger partial charge on any atom is -0.329 e. The first kappa shape index (κ1) is 25.8. The van der Waals surface area contributed by atoms with Gasteiger partial charge < -0.3 is 11.5 Å². The molecule has 1 heterocycles. The summed E-state index contributed by atoms with van der Waals surface area (Å²) in [6.07, 6.45) is 0. The summed E-state index contributed by atoms with van der Waals surface area (Å²) in [5.41, 5.74) is 11.0. The first-order chi connectivity index (χ1) is 5.86. The van der Waals surface area contributed by atoms with E-state index in [1.165, 1.54) is 0 Å². The Labute approximate surface area is 123 Å². The Hall–Kier alpha value is 1.000. The number of nitrogens with zero attached hydrogens (tertiary/aromatic N) is 2. The molecule has 4 nitrogen and oxygen atoms in total. The molecule has 1 aliphatic heterocycles. The second-order valence-electron chi connectivity index (χ2n) is 3.26. The molecule has 1 fully saturated rings. The lowest BCUT2D eigenvalue weighted by Gasteiger charge is -2.34. The highest BCUT2D eigenvalue weighted by molar-refractivity contribution is 5.86. The molecule has 0 saturated carbocycles. The van der Waals surface area contributed by atoms with Crippen molar-refractivity contribution in [3.63, 3.8) is 0 Å². The Balaban J connectivity index is -0.000000180. The van der Waals surface area contributed by atoms with Crippen molar-refractivity contribution in [1.82, 2.24) is 9.80 Å². The van der Waals surface area contributed by atoms with E-state index in [4.69, 9.17) is 11.5 Å². The largest absolute Gasteiger partial charge is 0.329 e. The van der Waals surface area contributed by atoms with Gasteiger partial charge in [0.15, 0.2) is 0 Å². The van der Waals surface area contributed by atoms with Gasteiger partial charge in [0.1, 0.15) is 0 Å². The third-order valence-corrected chi connectivity index (χ3v) is 2.36. The van der Waals surface area contributed by atoms with E-state index in [-0.39, 0.29) is 49.6 Å². The second kappa shape index (κ2) is 16.0. The topological polar surface area (TPSA) is 58.5 Å². The van der Waals surface area contributed by atoms with Crippen LogP contribution in [-0.2, 0) is 0 Å². The Morgan fingerprint density at radius 3 is 1.06 bits per heavy atom. The lowest BCUT2D eigenvalue weighted by molar-refractivity contribution is 0.138. The molecule has 0 amide bonds. The Morgan fingerprint density at radius 2 is 0.875 bits per heavy atom. The predicted octanol–water partition coefficient (Wildman–Crippen LogP) is 0.209. The van der Waals surface area contributed by atoms with Crippen LogP contribution in [-0.4, -0.2) is 62.2 Å². The summed E-state index contributed by atoms with van der Waals surface area (Å²) in [7, 11) is 0. The highest BCUT2D eigenvalue weighted by Crippen LogP contribution is 1.99. The fourth-order valence-electron chi connectivity index (χ4n) is 1.60. The van der Waals surface area contributed by atoms with Crippen LogP contribution in [0.3, 0.4) is 0 Å². The molecule has 0 spiro atoms. The van der Waals surface area contributed by atoms with Gasteiger partial charge in [-0.25, -0.2) is 0 Å². The highest BCUT2D eigenvalue weighted by Gasteiger charge is 2.14. The smallest absolute Gasteiger partial charge is 0.0110 e. The highest BCUT2D eigenvalue weighted by atomic mass is 35.5. The summed E-state index contributed by atoms with van der Waals surface area (Å²) in [6.45, 7) is 8.23. The van der Waals surface area contributed by atoms with Crippen LogP contribution in [0.5, 0.6) is 0 Å². The predicted molar refractivity (Wildman–Crippen MR) is 80.0 cm³/mol. The third-order valence-electron chi connectivity index (χ3n) is 2.36. The average molecular weight is 318 g/mol. The van der Waals surface area contributed by atoms with Crippen LogP contribution in [0.25, 0.3) is 0 Å². The number of halogens is 4. The molecule has 4 N–H and O–H groups in total. The third kappa shape index (κ3) is 10.2. The van der Waals surface area contributed by atoms with E-state index >= 15 is 0 Å². The maximum absolute atomic E-state index is 5.48. The van der Waals surface area contributed by atoms with E-state index < -0.39 is 0 Å². The standard InChI is InChI=1S/C8H20N4.4ClH/c9-1-3-11-5-7-12(4-2-10)8-6-11;;;;/h1-10H2;4*1H. The molecule has 16 heavy (non-hydrogen) atoms. The first-order valence-corrected chi connectivity index (χ1v) is 4.71. The van der Waals surface area contributed by atoms with Gasteiger partial charge in [-0.3, -0.25) is 9.80 Å². The SMILES string of the molecule is Cl.Cl.Cl.Cl.NCCN1CCN(CCN)CC1. The molecule has 0 aromatic rings. The lowest BCUT2D eigenvalue weighted by atomic mass is 10.3. The van der Waals surface area contributed by atoms with Crippen LogP contribution >= 0.6 is 49.6 Å². The molecule has 8 heteroatoms. The maximum atomic E-state index is 5.48. The van der Waals surface area contributed by atoms with Crippen molar-refractivity contribution in [2.45, 2.75) is 0 Å². The number of hydrogen-bond donors (Lipinski definition) is 2. The Morgan fingerprint density at radius 1 is 0.625 bits per heavy atom. The van der Waals surface area contributed by atoms with Gasteiger partial charge in [0.2, 0.25) is 0 Å². The fraction of sp³-hybridized carbons (Fsp3) is 1.00. The number of piperazine rings is 1. The van der Waals surface area contributed by atoms with Crippen LogP contribution in [0.4, 0.5) is 0 Å². The van der Waals surface area contributed by atoms with Crippen molar-refractivity contribution >= 4 is 49.6 Å². The number of nitrogens with two attached hydrogens (primary N) is 2. The van der Waals surface area contributed by atoms with Gasteiger partial charge in [-0.05, 0) is 0 Å². The normalized spacial score (nSPS) is 16.1. The van der Waals surface area contributed by atoms with Crippen molar-refractivity contribution < 1.29 is 0 Å². The van der Waals surface area contributed by atoms with Gasteiger partial charge in [0, 0.05) is 52.4 Å². The van der Waals surface area contributed by atoms with Crippen molar-refractivity contribution in [3.8, 4) is 0 Å². The minimum atomic E-state index is 0. The molecule has 0 aromatic heterocycles. The molecule has 0 aromatic carbocycles.